The molecule has 0 spiro atoms. The van der Waals surface area contributed by atoms with Gasteiger partial charge in [0.05, 0.1) is 0 Å². The van der Waals surface area contributed by atoms with Crippen molar-refractivity contribution in [1.82, 2.24) is 5.32 Å². The molecule has 0 aliphatic heterocycles. The van der Waals surface area contributed by atoms with Crippen molar-refractivity contribution >= 4 is 0 Å². The maximum Gasteiger partial charge on any atom is 0.119 e. The molecule has 0 fully saturated rings. The lowest BCUT2D eigenvalue weighted by Gasteiger charge is -2.13. The number of nitrogens with one attached hydrogen (secondary N) is 1. The Morgan fingerprint density at radius 1 is 1.24 bits per heavy atom. The molecule has 0 bridgehead atoms. The molecule has 0 saturated carbocycles. The number of aryl methyl sites for hydroxylation is 2. The van der Waals surface area contributed by atoms with Gasteiger partial charge < -0.3 is 15.2 Å². The molecule has 3 heteroatoms. The quantitative estimate of drug-likeness (QED) is 0.713. The first-order valence-electron chi connectivity index (χ1n) is 6.21. The van der Waals surface area contributed by atoms with Gasteiger partial charge in [-0.3, -0.25) is 0 Å². The minimum Gasteiger partial charge on any atom is -0.491 e. The summed E-state index contributed by atoms with van der Waals surface area (Å²) < 4.78 is 5.57. The lowest BCUT2D eigenvalue weighted by Crippen LogP contribution is -2.31. The second kappa shape index (κ2) is 7.30. The van der Waals surface area contributed by atoms with Crippen LogP contribution in [0, 0.1) is 13.8 Å². The third-order valence-electron chi connectivity index (χ3n) is 2.44. The summed E-state index contributed by atoms with van der Waals surface area (Å²) in [4.78, 5) is 0. The zero-order valence-electron chi connectivity index (χ0n) is 11.0. The van der Waals surface area contributed by atoms with E-state index >= 15 is 0 Å². The van der Waals surface area contributed by atoms with E-state index in [4.69, 9.17) is 4.74 Å². The number of ether oxygens (including phenoxy) is 1. The van der Waals surface area contributed by atoms with Crippen molar-refractivity contribution in [2.24, 2.45) is 0 Å². The Hall–Kier alpha value is -1.06. The summed E-state index contributed by atoms with van der Waals surface area (Å²) in [7, 11) is 0. The van der Waals surface area contributed by atoms with Gasteiger partial charge in [-0.05, 0) is 50.1 Å². The van der Waals surface area contributed by atoms with Crippen molar-refractivity contribution in [3.8, 4) is 5.75 Å². The first-order valence-corrected chi connectivity index (χ1v) is 6.21. The number of aliphatic hydroxyl groups excluding tert-OH is 1. The van der Waals surface area contributed by atoms with Gasteiger partial charge >= 0.3 is 0 Å². The third kappa shape index (κ3) is 5.71. The first kappa shape index (κ1) is 14.0. The van der Waals surface area contributed by atoms with Crippen molar-refractivity contribution in [3.05, 3.63) is 29.3 Å². The topological polar surface area (TPSA) is 41.5 Å². The number of aliphatic hydroxyl groups is 1. The first-order chi connectivity index (χ1) is 8.11. The van der Waals surface area contributed by atoms with E-state index in [0.717, 1.165) is 18.7 Å². The Labute approximate surface area is 104 Å². The molecule has 17 heavy (non-hydrogen) atoms. The molecule has 1 unspecified atom stereocenters. The molecule has 0 heterocycles. The average Bonchev–Trinajstić information content (AvgIpc) is 2.25. The number of hydrogen-bond acceptors (Lipinski definition) is 3. The highest BCUT2D eigenvalue weighted by atomic mass is 16.5. The SMILES string of the molecule is CCCNCC(O)COc1cc(C)cc(C)c1. The zero-order valence-corrected chi connectivity index (χ0v) is 11.0. The van der Waals surface area contributed by atoms with E-state index in [0.29, 0.717) is 13.2 Å². The molecule has 1 rings (SSSR count). The molecule has 0 aromatic heterocycles. The molecular weight excluding hydrogens is 214 g/mol. The van der Waals surface area contributed by atoms with Gasteiger partial charge in [-0.25, -0.2) is 0 Å². The fraction of sp³-hybridized carbons (Fsp3) is 0.571. The summed E-state index contributed by atoms with van der Waals surface area (Å²) in [5.41, 5.74) is 2.36. The van der Waals surface area contributed by atoms with E-state index in [-0.39, 0.29) is 0 Å². The van der Waals surface area contributed by atoms with Crippen molar-refractivity contribution in [1.29, 1.82) is 0 Å². The Kier molecular flexibility index (Phi) is 6.01. The third-order valence-corrected chi connectivity index (χ3v) is 2.44. The maximum absolute atomic E-state index is 9.69. The van der Waals surface area contributed by atoms with Crippen LogP contribution < -0.4 is 10.1 Å². The summed E-state index contributed by atoms with van der Waals surface area (Å²) in [5.74, 6) is 0.831. The van der Waals surface area contributed by atoms with Crippen molar-refractivity contribution in [2.75, 3.05) is 19.7 Å². The minimum absolute atomic E-state index is 0.333. The monoisotopic (exact) mass is 237 g/mol. The van der Waals surface area contributed by atoms with E-state index in [1.54, 1.807) is 0 Å². The number of hydrogen-bond donors (Lipinski definition) is 2. The van der Waals surface area contributed by atoms with Crippen LogP contribution in [0.25, 0.3) is 0 Å². The molecule has 1 aromatic rings. The molecule has 2 N–H and O–H groups in total. The largest absolute Gasteiger partial charge is 0.491 e. The fourth-order valence-electron chi connectivity index (χ4n) is 1.71. The fourth-order valence-corrected chi connectivity index (χ4v) is 1.71. The van der Waals surface area contributed by atoms with Gasteiger partial charge in [0.1, 0.15) is 18.5 Å². The molecule has 96 valence electrons. The Morgan fingerprint density at radius 3 is 2.47 bits per heavy atom. The lowest BCUT2D eigenvalue weighted by atomic mass is 10.1. The van der Waals surface area contributed by atoms with Crippen molar-refractivity contribution in [2.45, 2.75) is 33.3 Å². The van der Waals surface area contributed by atoms with Gasteiger partial charge in [0.2, 0.25) is 0 Å². The summed E-state index contributed by atoms with van der Waals surface area (Å²) >= 11 is 0. The van der Waals surface area contributed by atoms with Gasteiger partial charge in [-0.15, -0.1) is 0 Å². The van der Waals surface area contributed by atoms with Crippen LogP contribution in [-0.2, 0) is 0 Å². The van der Waals surface area contributed by atoms with Gasteiger partial charge in [0.25, 0.3) is 0 Å². The average molecular weight is 237 g/mol. The van der Waals surface area contributed by atoms with E-state index in [9.17, 15) is 5.11 Å². The summed E-state index contributed by atoms with van der Waals surface area (Å²) in [5, 5.41) is 12.9. The minimum atomic E-state index is -0.456. The van der Waals surface area contributed by atoms with Crippen molar-refractivity contribution in [3.63, 3.8) is 0 Å². The smallest absolute Gasteiger partial charge is 0.119 e. The van der Waals surface area contributed by atoms with Crippen LogP contribution in [-0.4, -0.2) is 30.9 Å². The molecule has 0 radical (unpaired) electrons. The molecular formula is C14H23NO2. The molecule has 1 aromatic carbocycles. The summed E-state index contributed by atoms with van der Waals surface area (Å²) in [6.45, 7) is 8.03. The molecule has 1 atom stereocenters. The highest BCUT2D eigenvalue weighted by Gasteiger charge is 2.05. The number of rotatable bonds is 7. The van der Waals surface area contributed by atoms with Gasteiger partial charge in [-0.2, -0.15) is 0 Å². The normalized spacial score (nSPS) is 12.5. The predicted octanol–water partition coefficient (Wildman–Crippen LogP) is 2.04. The predicted molar refractivity (Wildman–Crippen MR) is 70.6 cm³/mol. The van der Waals surface area contributed by atoms with E-state index in [2.05, 4.69) is 18.3 Å². The Balaban J connectivity index is 2.34. The molecule has 0 amide bonds. The van der Waals surface area contributed by atoms with E-state index in [1.165, 1.54) is 11.1 Å². The molecule has 0 saturated heterocycles. The van der Waals surface area contributed by atoms with Crippen LogP contribution in [0.4, 0.5) is 0 Å². The van der Waals surface area contributed by atoms with Crippen LogP contribution in [0.15, 0.2) is 18.2 Å². The molecule has 0 aliphatic rings. The van der Waals surface area contributed by atoms with Crippen LogP contribution in [0.3, 0.4) is 0 Å². The van der Waals surface area contributed by atoms with Crippen LogP contribution in [0.2, 0.25) is 0 Å². The maximum atomic E-state index is 9.69. The molecule has 3 nitrogen and oxygen atoms in total. The zero-order chi connectivity index (χ0) is 12.7. The lowest BCUT2D eigenvalue weighted by molar-refractivity contribution is 0.106. The molecule has 0 aliphatic carbocycles. The van der Waals surface area contributed by atoms with Gasteiger partial charge in [0.15, 0.2) is 0 Å². The Bertz CT molecular complexity index is 319. The van der Waals surface area contributed by atoms with E-state index < -0.39 is 6.10 Å². The van der Waals surface area contributed by atoms with Crippen LogP contribution in [0.1, 0.15) is 24.5 Å². The Morgan fingerprint density at radius 2 is 1.88 bits per heavy atom. The highest BCUT2D eigenvalue weighted by molar-refractivity contribution is 5.32. The second-order valence-corrected chi connectivity index (χ2v) is 4.49. The van der Waals surface area contributed by atoms with Gasteiger partial charge in [-0.1, -0.05) is 13.0 Å². The highest BCUT2D eigenvalue weighted by Crippen LogP contribution is 2.16. The van der Waals surface area contributed by atoms with Gasteiger partial charge in [0, 0.05) is 6.54 Å². The summed E-state index contributed by atoms with van der Waals surface area (Å²) in [6.07, 6.45) is 0.618. The second-order valence-electron chi connectivity index (χ2n) is 4.49. The van der Waals surface area contributed by atoms with E-state index in [1.807, 2.05) is 26.0 Å². The summed E-state index contributed by atoms with van der Waals surface area (Å²) in [6, 6.07) is 6.07. The standard InChI is InChI=1S/C14H23NO2/c1-4-5-15-9-13(16)10-17-14-7-11(2)6-12(3)8-14/h6-8,13,15-16H,4-5,9-10H2,1-3H3. The van der Waals surface area contributed by atoms with Crippen LogP contribution in [0.5, 0.6) is 5.75 Å². The number of benzene rings is 1. The van der Waals surface area contributed by atoms with Crippen molar-refractivity contribution < 1.29 is 9.84 Å². The van der Waals surface area contributed by atoms with Crippen LogP contribution >= 0.6 is 0 Å².